The van der Waals surface area contributed by atoms with Crippen molar-refractivity contribution in [3.63, 3.8) is 0 Å². The van der Waals surface area contributed by atoms with Gasteiger partial charge in [0.05, 0.1) is 0 Å². The molecule has 1 N–H and O–H groups in total. The maximum absolute atomic E-state index is 10.6. The number of benzene rings is 1. The lowest BCUT2D eigenvalue weighted by molar-refractivity contribution is -0.131. The molecule has 0 saturated heterocycles. The molecule has 25 heavy (non-hydrogen) atoms. The van der Waals surface area contributed by atoms with Crippen molar-refractivity contribution in [2.45, 2.75) is 34.6 Å². The Kier molecular flexibility index (Phi) is 7.43. The normalized spacial score (nSPS) is 13.1. The fourth-order valence-corrected chi connectivity index (χ4v) is 3.00. The highest BCUT2D eigenvalue weighted by atomic mass is 16.4. The summed E-state index contributed by atoms with van der Waals surface area (Å²) in [6.45, 7) is 10.2. The van der Waals surface area contributed by atoms with Gasteiger partial charge in [0.1, 0.15) is 0 Å². The van der Waals surface area contributed by atoms with Crippen molar-refractivity contribution in [1.29, 1.82) is 0 Å². The molecule has 134 valence electrons. The van der Waals surface area contributed by atoms with Crippen LogP contribution in [0.15, 0.2) is 47.6 Å². The van der Waals surface area contributed by atoms with Crippen molar-refractivity contribution in [3.05, 3.63) is 69.8 Å². The van der Waals surface area contributed by atoms with Gasteiger partial charge in [0.25, 0.3) is 0 Å². The Morgan fingerprint density at radius 1 is 1.04 bits per heavy atom. The third-order valence-electron chi connectivity index (χ3n) is 4.02. The van der Waals surface area contributed by atoms with Crippen molar-refractivity contribution in [2.75, 3.05) is 19.0 Å². The summed E-state index contributed by atoms with van der Waals surface area (Å²) in [4.78, 5) is 12.7. The largest absolute Gasteiger partial charge is 0.478 e. The first kappa shape index (κ1) is 20.5. The number of hydrogen-bond donors (Lipinski definition) is 1. The van der Waals surface area contributed by atoms with Crippen molar-refractivity contribution in [3.8, 4) is 0 Å². The van der Waals surface area contributed by atoms with Crippen LogP contribution < -0.4 is 4.90 Å². The quantitative estimate of drug-likeness (QED) is 0.570. The van der Waals surface area contributed by atoms with Gasteiger partial charge in [-0.3, -0.25) is 0 Å². The first-order valence-electron chi connectivity index (χ1n) is 8.36. The second kappa shape index (κ2) is 9.07. The summed E-state index contributed by atoms with van der Waals surface area (Å²) in [5.74, 6) is -0.926. The molecule has 0 aliphatic rings. The summed E-state index contributed by atoms with van der Waals surface area (Å²) in [5, 5.41) is 8.70. The Morgan fingerprint density at radius 3 is 2.24 bits per heavy atom. The number of aryl methyl sites for hydroxylation is 2. The molecular weight excluding hydrogens is 310 g/mol. The topological polar surface area (TPSA) is 40.5 Å². The van der Waals surface area contributed by atoms with E-state index in [1.807, 2.05) is 19.1 Å². The van der Waals surface area contributed by atoms with Gasteiger partial charge in [-0.15, -0.1) is 0 Å². The Hall–Kier alpha value is -2.55. The van der Waals surface area contributed by atoms with Gasteiger partial charge >= 0.3 is 5.97 Å². The van der Waals surface area contributed by atoms with Crippen LogP contribution in [0.25, 0.3) is 6.08 Å². The zero-order chi connectivity index (χ0) is 19.1. The molecule has 0 bridgehead atoms. The molecule has 1 aromatic carbocycles. The lowest BCUT2D eigenvalue weighted by Crippen LogP contribution is -2.13. The molecule has 3 heteroatoms. The molecule has 0 unspecified atom stereocenters. The fourth-order valence-electron chi connectivity index (χ4n) is 3.00. The maximum Gasteiger partial charge on any atom is 0.328 e. The van der Waals surface area contributed by atoms with Crippen molar-refractivity contribution in [2.24, 2.45) is 0 Å². The molecule has 0 aliphatic heterocycles. The van der Waals surface area contributed by atoms with Crippen LogP contribution in [0, 0.1) is 20.8 Å². The van der Waals surface area contributed by atoms with Gasteiger partial charge in [-0.2, -0.15) is 0 Å². The summed E-state index contributed by atoms with van der Waals surface area (Å²) in [6, 6.07) is 2.22. The lowest BCUT2D eigenvalue weighted by Gasteiger charge is -2.21. The van der Waals surface area contributed by atoms with Crippen LogP contribution >= 0.6 is 0 Å². The summed E-state index contributed by atoms with van der Waals surface area (Å²) in [7, 11) is 4.14. The molecule has 0 spiro atoms. The highest BCUT2D eigenvalue weighted by Crippen LogP contribution is 2.29. The SMILES string of the molecule is CC(/C=C/c1c(C)cc(C)c(N(C)C)c1C)=C\C=C\C(C)=C\C(=O)O. The Bertz CT molecular complexity index is 763. The highest BCUT2D eigenvalue weighted by molar-refractivity contribution is 5.81. The molecule has 0 fully saturated rings. The van der Waals surface area contributed by atoms with Gasteiger partial charge in [-0.25, -0.2) is 4.79 Å². The molecular formula is C22H29NO2. The smallest absolute Gasteiger partial charge is 0.328 e. The third-order valence-corrected chi connectivity index (χ3v) is 4.02. The van der Waals surface area contributed by atoms with Crippen LogP contribution in [0.1, 0.15) is 36.1 Å². The zero-order valence-corrected chi connectivity index (χ0v) is 16.3. The Balaban J connectivity index is 3.06. The average molecular weight is 339 g/mol. The summed E-state index contributed by atoms with van der Waals surface area (Å²) >= 11 is 0. The number of rotatable bonds is 6. The van der Waals surface area contributed by atoms with E-state index in [9.17, 15) is 4.79 Å². The summed E-state index contributed by atoms with van der Waals surface area (Å²) in [5.41, 5.74) is 8.15. The number of allylic oxidation sites excluding steroid dienone is 6. The van der Waals surface area contributed by atoms with E-state index < -0.39 is 5.97 Å². The lowest BCUT2D eigenvalue weighted by atomic mass is 9.96. The van der Waals surface area contributed by atoms with Crippen LogP contribution in [-0.4, -0.2) is 25.2 Å². The minimum Gasteiger partial charge on any atom is -0.478 e. The minimum atomic E-state index is -0.926. The first-order chi connectivity index (χ1) is 11.6. The van der Waals surface area contributed by atoms with Gasteiger partial charge in [-0.05, 0) is 62.4 Å². The van der Waals surface area contributed by atoms with E-state index in [4.69, 9.17) is 5.11 Å². The third kappa shape index (κ3) is 6.11. The molecule has 3 nitrogen and oxygen atoms in total. The second-order valence-corrected chi connectivity index (χ2v) is 6.62. The van der Waals surface area contributed by atoms with Crippen LogP contribution in [0.5, 0.6) is 0 Å². The van der Waals surface area contributed by atoms with Gasteiger partial charge in [0.15, 0.2) is 0 Å². The molecule has 1 aromatic rings. The predicted molar refractivity (Wildman–Crippen MR) is 108 cm³/mol. The zero-order valence-electron chi connectivity index (χ0n) is 16.3. The minimum absolute atomic E-state index is 0.710. The van der Waals surface area contributed by atoms with Crippen LogP contribution in [0.2, 0.25) is 0 Å². The van der Waals surface area contributed by atoms with E-state index in [2.05, 4.69) is 58.0 Å². The number of anilines is 1. The van der Waals surface area contributed by atoms with Gasteiger partial charge in [0.2, 0.25) is 0 Å². The number of carboxylic acid groups (broad SMARTS) is 1. The van der Waals surface area contributed by atoms with Crippen molar-refractivity contribution < 1.29 is 9.90 Å². The molecule has 1 rings (SSSR count). The van der Waals surface area contributed by atoms with Gasteiger partial charge < -0.3 is 10.0 Å². The van der Waals surface area contributed by atoms with Crippen LogP contribution in [0.4, 0.5) is 5.69 Å². The molecule has 0 heterocycles. The Morgan fingerprint density at radius 2 is 1.68 bits per heavy atom. The number of carbonyl (C=O) groups is 1. The second-order valence-electron chi connectivity index (χ2n) is 6.62. The van der Waals surface area contributed by atoms with Gasteiger partial charge in [0, 0.05) is 25.9 Å². The molecule has 0 radical (unpaired) electrons. The molecule has 0 saturated carbocycles. The predicted octanol–water partition coefficient (Wildman–Crippen LogP) is 5.22. The molecule has 0 aliphatic carbocycles. The summed E-state index contributed by atoms with van der Waals surface area (Å²) < 4.78 is 0. The molecule has 0 amide bonds. The standard InChI is InChI=1S/C22H29NO2/c1-15(9-8-10-16(2)13-21(24)25)11-12-20-17(3)14-18(4)22(19(20)5)23(6)7/h8-14H,1-7H3,(H,24,25)/b10-8+,12-11+,15-9+,16-13+. The van der Waals surface area contributed by atoms with E-state index in [0.29, 0.717) is 5.57 Å². The number of hydrogen-bond acceptors (Lipinski definition) is 2. The Labute approximate surface area is 151 Å². The molecule has 0 atom stereocenters. The van der Waals surface area contributed by atoms with Crippen molar-refractivity contribution in [1.82, 2.24) is 0 Å². The monoisotopic (exact) mass is 339 g/mol. The summed E-state index contributed by atoms with van der Waals surface area (Å²) in [6.07, 6.45) is 11.1. The van der Waals surface area contributed by atoms with Crippen LogP contribution in [-0.2, 0) is 4.79 Å². The number of aliphatic carboxylic acids is 1. The fraction of sp³-hybridized carbons (Fsp3) is 0.318. The molecule has 0 aromatic heterocycles. The van der Waals surface area contributed by atoms with E-state index in [1.165, 1.54) is 34.0 Å². The van der Waals surface area contributed by atoms with Crippen molar-refractivity contribution >= 4 is 17.7 Å². The maximum atomic E-state index is 10.6. The van der Waals surface area contributed by atoms with Crippen LogP contribution in [0.3, 0.4) is 0 Å². The van der Waals surface area contributed by atoms with E-state index in [1.54, 1.807) is 13.0 Å². The number of nitrogens with zero attached hydrogens (tertiary/aromatic N) is 1. The number of carboxylic acids is 1. The average Bonchev–Trinajstić information content (AvgIpc) is 2.45. The van der Waals surface area contributed by atoms with E-state index >= 15 is 0 Å². The first-order valence-corrected chi connectivity index (χ1v) is 8.36. The van der Waals surface area contributed by atoms with E-state index in [0.717, 1.165) is 5.57 Å². The van der Waals surface area contributed by atoms with Gasteiger partial charge in [-0.1, -0.05) is 42.0 Å². The van der Waals surface area contributed by atoms with E-state index in [-0.39, 0.29) is 0 Å². The highest BCUT2D eigenvalue weighted by Gasteiger charge is 2.10.